The molecule has 2 N–H and O–H groups in total. The summed E-state index contributed by atoms with van der Waals surface area (Å²) in [6.45, 7) is 1.46. The van der Waals surface area contributed by atoms with E-state index in [0.29, 0.717) is 18.9 Å². The largest absolute Gasteiger partial charge is 0.497 e. The zero-order valence-electron chi connectivity index (χ0n) is 19.1. The number of amides is 1. The minimum atomic E-state index is 0.0191. The molecule has 0 bridgehead atoms. The first-order valence-electron chi connectivity index (χ1n) is 10.8. The number of ether oxygens (including phenoxy) is 1. The highest BCUT2D eigenvalue weighted by atomic mass is 16.5. The van der Waals surface area contributed by atoms with E-state index in [9.17, 15) is 4.79 Å². The van der Waals surface area contributed by atoms with Crippen LogP contribution in [0.25, 0.3) is 16.9 Å². The molecule has 33 heavy (non-hydrogen) atoms. The number of hydrogen-bond acceptors (Lipinski definition) is 6. The highest BCUT2D eigenvalue weighted by Gasteiger charge is 2.10. The Morgan fingerprint density at radius 2 is 1.79 bits per heavy atom. The van der Waals surface area contributed by atoms with Crippen LogP contribution in [0.5, 0.6) is 5.75 Å². The lowest BCUT2D eigenvalue weighted by Crippen LogP contribution is -2.32. The van der Waals surface area contributed by atoms with Gasteiger partial charge in [-0.2, -0.15) is 4.98 Å². The Morgan fingerprint density at radius 1 is 1.03 bits per heavy atom. The predicted molar refractivity (Wildman–Crippen MR) is 130 cm³/mol. The highest BCUT2D eigenvalue weighted by molar-refractivity contribution is 5.78. The van der Waals surface area contributed by atoms with Crippen molar-refractivity contribution in [2.45, 2.75) is 6.42 Å². The Hall–Kier alpha value is -3.91. The second-order valence-electron chi connectivity index (χ2n) is 8.00. The van der Waals surface area contributed by atoms with Crippen LogP contribution in [0.15, 0.2) is 66.7 Å². The zero-order valence-corrected chi connectivity index (χ0v) is 19.1. The van der Waals surface area contributed by atoms with Gasteiger partial charge in [0.15, 0.2) is 5.65 Å². The summed E-state index contributed by atoms with van der Waals surface area (Å²) in [5.74, 6) is 1.33. The van der Waals surface area contributed by atoms with Crippen LogP contribution in [0.2, 0.25) is 0 Å². The van der Waals surface area contributed by atoms with Gasteiger partial charge in [-0.1, -0.05) is 18.2 Å². The second-order valence-corrected chi connectivity index (χ2v) is 8.00. The van der Waals surface area contributed by atoms with E-state index in [4.69, 9.17) is 4.74 Å². The number of fused-ring (bicyclic) bond motifs is 1. The number of rotatable bonds is 9. The van der Waals surface area contributed by atoms with Crippen LogP contribution < -0.4 is 15.4 Å². The van der Waals surface area contributed by atoms with Crippen molar-refractivity contribution in [1.82, 2.24) is 24.8 Å². The molecule has 2 aromatic heterocycles. The summed E-state index contributed by atoms with van der Waals surface area (Å²) in [7, 11) is 5.62. The molecule has 0 saturated carbocycles. The predicted octanol–water partition coefficient (Wildman–Crippen LogP) is 3.37. The number of nitrogens with one attached hydrogen (secondary N) is 2. The van der Waals surface area contributed by atoms with Crippen molar-refractivity contribution in [3.8, 4) is 17.0 Å². The van der Waals surface area contributed by atoms with Crippen molar-refractivity contribution >= 4 is 23.2 Å². The molecule has 0 spiro atoms. The topological polar surface area (TPSA) is 83.8 Å². The van der Waals surface area contributed by atoms with Crippen LogP contribution in [-0.4, -0.2) is 59.7 Å². The molecule has 0 atom stereocenters. The summed E-state index contributed by atoms with van der Waals surface area (Å²) in [6.07, 6.45) is 0.353. The first kappa shape index (κ1) is 22.3. The SMILES string of the molecule is COc1ccc(-c2cccc3nc(Nc4ccc(CC(=O)NCCN(C)C)cc4)nn23)cc1. The van der Waals surface area contributed by atoms with Crippen molar-refractivity contribution in [3.05, 3.63) is 72.3 Å². The van der Waals surface area contributed by atoms with E-state index in [1.807, 2.05) is 90.2 Å². The van der Waals surface area contributed by atoms with Gasteiger partial charge < -0.3 is 20.3 Å². The molecule has 0 saturated heterocycles. The molecule has 2 aromatic carbocycles. The number of likely N-dealkylation sites (N-methyl/N-ethyl adjacent to an activating group) is 1. The summed E-state index contributed by atoms with van der Waals surface area (Å²) in [4.78, 5) is 18.7. The Balaban J connectivity index is 1.44. The molecule has 0 radical (unpaired) electrons. The highest BCUT2D eigenvalue weighted by Crippen LogP contribution is 2.24. The first-order valence-corrected chi connectivity index (χ1v) is 10.8. The number of anilines is 2. The van der Waals surface area contributed by atoms with Gasteiger partial charge in [0.1, 0.15) is 5.75 Å². The molecular weight excluding hydrogens is 416 g/mol. The maximum Gasteiger partial charge on any atom is 0.247 e. The fraction of sp³-hybridized carbons (Fsp3) is 0.240. The molecule has 170 valence electrons. The van der Waals surface area contributed by atoms with Crippen molar-refractivity contribution in [2.24, 2.45) is 0 Å². The Bertz CT molecular complexity index is 1220. The molecule has 0 fully saturated rings. The van der Waals surface area contributed by atoms with Crippen molar-refractivity contribution < 1.29 is 9.53 Å². The van der Waals surface area contributed by atoms with E-state index >= 15 is 0 Å². The molecule has 0 unspecified atom stereocenters. The zero-order chi connectivity index (χ0) is 23.2. The van der Waals surface area contributed by atoms with Crippen LogP contribution in [-0.2, 0) is 11.2 Å². The number of aromatic nitrogens is 3. The second kappa shape index (κ2) is 10.1. The fourth-order valence-corrected chi connectivity index (χ4v) is 3.44. The maximum absolute atomic E-state index is 12.1. The van der Waals surface area contributed by atoms with Crippen molar-refractivity contribution in [1.29, 1.82) is 0 Å². The van der Waals surface area contributed by atoms with E-state index in [-0.39, 0.29) is 5.91 Å². The van der Waals surface area contributed by atoms with Crippen LogP contribution >= 0.6 is 0 Å². The number of methoxy groups -OCH3 is 1. The average molecular weight is 445 g/mol. The molecule has 8 nitrogen and oxygen atoms in total. The van der Waals surface area contributed by atoms with Gasteiger partial charge in [-0.25, -0.2) is 4.52 Å². The van der Waals surface area contributed by atoms with E-state index < -0.39 is 0 Å². The Labute approximate surface area is 193 Å². The number of carbonyl (C=O) groups excluding carboxylic acids is 1. The molecule has 0 aliphatic carbocycles. The van der Waals surface area contributed by atoms with Crippen molar-refractivity contribution in [3.63, 3.8) is 0 Å². The average Bonchev–Trinajstić information content (AvgIpc) is 3.23. The number of nitrogens with zero attached hydrogens (tertiary/aromatic N) is 4. The van der Waals surface area contributed by atoms with Crippen LogP contribution in [0.1, 0.15) is 5.56 Å². The lowest BCUT2D eigenvalue weighted by molar-refractivity contribution is -0.120. The monoisotopic (exact) mass is 444 g/mol. The standard InChI is InChI=1S/C25H28N6O2/c1-30(2)16-15-26-24(32)17-18-7-11-20(12-8-18)27-25-28-23-6-4-5-22(31(23)29-25)19-9-13-21(33-3)14-10-19/h4-14H,15-17H2,1-3H3,(H,26,32)(H,27,29). The van der Waals surface area contributed by atoms with E-state index in [0.717, 1.165) is 40.4 Å². The summed E-state index contributed by atoms with van der Waals surface area (Å²) >= 11 is 0. The van der Waals surface area contributed by atoms with Gasteiger partial charge in [-0.3, -0.25) is 4.79 Å². The Kier molecular flexibility index (Phi) is 6.85. The van der Waals surface area contributed by atoms with Gasteiger partial charge in [-0.15, -0.1) is 5.10 Å². The first-order chi connectivity index (χ1) is 16.0. The molecule has 0 aliphatic heterocycles. The summed E-state index contributed by atoms with van der Waals surface area (Å²) in [6, 6.07) is 21.5. The molecule has 4 rings (SSSR count). The third kappa shape index (κ3) is 5.67. The fourth-order valence-electron chi connectivity index (χ4n) is 3.44. The normalized spacial score (nSPS) is 11.0. The van der Waals surface area contributed by atoms with Gasteiger partial charge in [0.2, 0.25) is 11.9 Å². The van der Waals surface area contributed by atoms with E-state index in [2.05, 4.69) is 20.7 Å². The molecule has 4 aromatic rings. The number of carbonyl (C=O) groups is 1. The summed E-state index contributed by atoms with van der Waals surface area (Å²) in [5, 5.41) is 10.8. The van der Waals surface area contributed by atoms with Gasteiger partial charge in [-0.05, 0) is 68.2 Å². The third-order valence-electron chi connectivity index (χ3n) is 5.20. The van der Waals surface area contributed by atoms with Crippen LogP contribution in [0.3, 0.4) is 0 Å². The lowest BCUT2D eigenvalue weighted by Gasteiger charge is -2.10. The number of benzene rings is 2. The van der Waals surface area contributed by atoms with Crippen LogP contribution in [0.4, 0.5) is 11.6 Å². The van der Waals surface area contributed by atoms with Gasteiger partial charge in [0, 0.05) is 24.3 Å². The van der Waals surface area contributed by atoms with Gasteiger partial charge in [0.05, 0.1) is 19.2 Å². The molecule has 1 amide bonds. The minimum absolute atomic E-state index is 0.0191. The van der Waals surface area contributed by atoms with Crippen LogP contribution in [0, 0.1) is 0 Å². The molecule has 2 heterocycles. The summed E-state index contributed by atoms with van der Waals surface area (Å²) in [5.41, 5.74) is 4.51. The molecule has 0 aliphatic rings. The van der Waals surface area contributed by atoms with Gasteiger partial charge >= 0.3 is 0 Å². The smallest absolute Gasteiger partial charge is 0.247 e. The van der Waals surface area contributed by atoms with Crippen molar-refractivity contribution in [2.75, 3.05) is 39.6 Å². The lowest BCUT2D eigenvalue weighted by atomic mass is 10.1. The van der Waals surface area contributed by atoms with E-state index in [1.165, 1.54) is 0 Å². The summed E-state index contributed by atoms with van der Waals surface area (Å²) < 4.78 is 7.07. The van der Waals surface area contributed by atoms with Gasteiger partial charge in [0.25, 0.3) is 0 Å². The Morgan fingerprint density at radius 3 is 2.48 bits per heavy atom. The minimum Gasteiger partial charge on any atom is -0.497 e. The third-order valence-corrected chi connectivity index (χ3v) is 5.20. The molecule has 8 heteroatoms. The number of hydrogen-bond donors (Lipinski definition) is 2. The maximum atomic E-state index is 12.1. The molecular formula is C25H28N6O2. The quantitative estimate of drug-likeness (QED) is 0.412. The number of pyridine rings is 1. The van der Waals surface area contributed by atoms with E-state index in [1.54, 1.807) is 7.11 Å².